The van der Waals surface area contributed by atoms with Crippen LogP contribution in [-0.2, 0) is 0 Å². The number of carboxylic acids is 1. The second kappa shape index (κ2) is 6.00. The Morgan fingerprint density at radius 1 is 1.44 bits per heavy atom. The molecule has 0 bridgehead atoms. The fourth-order valence-corrected chi connectivity index (χ4v) is 1.33. The van der Waals surface area contributed by atoms with Gasteiger partial charge in [-0.25, -0.2) is 14.0 Å². The van der Waals surface area contributed by atoms with Gasteiger partial charge in [0.1, 0.15) is 11.4 Å². The first-order valence-corrected chi connectivity index (χ1v) is 5.55. The summed E-state index contributed by atoms with van der Waals surface area (Å²) >= 11 is 0. The molecule has 0 aliphatic rings. The van der Waals surface area contributed by atoms with Gasteiger partial charge in [-0.2, -0.15) is 0 Å². The van der Waals surface area contributed by atoms with Gasteiger partial charge in [-0.05, 0) is 25.5 Å². The number of carboxylic acid groups (broad SMARTS) is 1. The highest BCUT2D eigenvalue weighted by molar-refractivity contribution is 6.00. The molecule has 0 aromatic heterocycles. The van der Waals surface area contributed by atoms with E-state index in [-0.39, 0.29) is 11.7 Å². The molecule has 3 N–H and O–H groups in total. The minimum Gasteiger partial charge on any atom is -0.478 e. The summed E-state index contributed by atoms with van der Waals surface area (Å²) in [5.74, 6) is -2.31. The van der Waals surface area contributed by atoms with Crippen molar-refractivity contribution >= 4 is 17.7 Å². The van der Waals surface area contributed by atoms with Crippen molar-refractivity contribution in [1.82, 2.24) is 5.32 Å². The molecule has 1 rings (SSSR count). The second-order valence-corrected chi connectivity index (χ2v) is 3.88. The molecular formula is C12H15FN2O3. The number of benzene rings is 1. The molecule has 18 heavy (non-hydrogen) atoms. The highest BCUT2D eigenvalue weighted by Gasteiger charge is 2.17. The van der Waals surface area contributed by atoms with Crippen LogP contribution >= 0.6 is 0 Å². The normalized spacial score (nSPS) is 11.7. The summed E-state index contributed by atoms with van der Waals surface area (Å²) in [6.07, 6.45) is 0.738. The fraction of sp³-hybridized carbons (Fsp3) is 0.333. The maximum atomic E-state index is 13.3. The van der Waals surface area contributed by atoms with Gasteiger partial charge in [0.15, 0.2) is 0 Å². The summed E-state index contributed by atoms with van der Waals surface area (Å²) < 4.78 is 13.3. The number of urea groups is 1. The Kier molecular flexibility index (Phi) is 4.65. The van der Waals surface area contributed by atoms with E-state index in [1.54, 1.807) is 0 Å². The summed E-state index contributed by atoms with van der Waals surface area (Å²) in [5.41, 5.74) is -0.611. The molecular weight excluding hydrogens is 239 g/mol. The Hall–Kier alpha value is -2.11. The molecule has 1 aromatic carbocycles. The zero-order valence-electron chi connectivity index (χ0n) is 10.2. The molecule has 0 saturated carbocycles. The monoisotopic (exact) mass is 254 g/mol. The number of carbonyl (C=O) groups excluding carboxylic acids is 1. The van der Waals surface area contributed by atoms with Crippen LogP contribution in [0.2, 0.25) is 0 Å². The number of hydrogen-bond acceptors (Lipinski definition) is 2. The van der Waals surface area contributed by atoms with Crippen molar-refractivity contribution in [3.8, 4) is 0 Å². The van der Waals surface area contributed by atoms with Gasteiger partial charge in [-0.3, -0.25) is 0 Å². The van der Waals surface area contributed by atoms with Crippen molar-refractivity contribution in [2.45, 2.75) is 26.3 Å². The third-order valence-corrected chi connectivity index (χ3v) is 2.47. The first-order valence-electron chi connectivity index (χ1n) is 5.55. The van der Waals surface area contributed by atoms with Crippen molar-refractivity contribution in [3.05, 3.63) is 29.6 Å². The molecule has 6 heteroatoms. The van der Waals surface area contributed by atoms with Crippen molar-refractivity contribution in [3.63, 3.8) is 0 Å². The zero-order chi connectivity index (χ0) is 13.7. The molecule has 0 aliphatic heterocycles. The third-order valence-electron chi connectivity index (χ3n) is 2.47. The summed E-state index contributed by atoms with van der Waals surface area (Å²) in [7, 11) is 0. The minimum absolute atomic E-state index is 0.0492. The predicted octanol–water partition coefficient (Wildman–Crippen LogP) is 2.44. The number of halogens is 1. The molecule has 1 atom stereocenters. The van der Waals surface area contributed by atoms with Crippen LogP contribution in [0.25, 0.3) is 0 Å². The van der Waals surface area contributed by atoms with E-state index in [0.29, 0.717) is 0 Å². The van der Waals surface area contributed by atoms with Gasteiger partial charge in [0, 0.05) is 6.04 Å². The van der Waals surface area contributed by atoms with Crippen molar-refractivity contribution in [2.75, 3.05) is 5.32 Å². The lowest BCUT2D eigenvalue weighted by Crippen LogP contribution is -2.36. The lowest BCUT2D eigenvalue weighted by atomic mass is 10.1. The summed E-state index contributed by atoms with van der Waals surface area (Å²) in [6, 6.07) is 3.09. The van der Waals surface area contributed by atoms with E-state index < -0.39 is 23.4 Å². The van der Waals surface area contributed by atoms with Crippen LogP contribution in [-0.4, -0.2) is 23.1 Å². The van der Waals surface area contributed by atoms with Gasteiger partial charge in [0.25, 0.3) is 0 Å². The zero-order valence-corrected chi connectivity index (χ0v) is 10.2. The Labute approximate surface area is 104 Å². The van der Waals surface area contributed by atoms with Crippen molar-refractivity contribution in [2.24, 2.45) is 0 Å². The Bertz CT molecular complexity index is 463. The first kappa shape index (κ1) is 14.0. The number of carbonyl (C=O) groups is 2. The summed E-state index contributed by atoms with van der Waals surface area (Å²) in [4.78, 5) is 22.4. The van der Waals surface area contributed by atoms with Gasteiger partial charge in [-0.15, -0.1) is 0 Å². The van der Waals surface area contributed by atoms with E-state index in [1.165, 1.54) is 12.1 Å². The van der Waals surface area contributed by atoms with Gasteiger partial charge in [0.2, 0.25) is 0 Å². The molecule has 0 aliphatic carbocycles. The molecule has 2 amide bonds. The number of anilines is 1. The van der Waals surface area contributed by atoms with Crippen LogP contribution in [0.1, 0.15) is 30.6 Å². The smallest absolute Gasteiger partial charge is 0.340 e. The summed E-state index contributed by atoms with van der Waals surface area (Å²) in [5, 5.41) is 13.8. The molecule has 0 spiro atoms. The highest BCUT2D eigenvalue weighted by Crippen LogP contribution is 2.18. The third kappa shape index (κ3) is 3.44. The number of amides is 2. The lowest BCUT2D eigenvalue weighted by molar-refractivity contribution is 0.0693. The van der Waals surface area contributed by atoms with Crippen LogP contribution in [0, 0.1) is 5.82 Å². The SMILES string of the molecule is CCC(C)NC(=O)Nc1cccc(F)c1C(=O)O. The lowest BCUT2D eigenvalue weighted by Gasteiger charge is -2.13. The number of nitrogens with one attached hydrogen (secondary N) is 2. The number of hydrogen-bond donors (Lipinski definition) is 3. The predicted molar refractivity (Wildman–Crippen MR) is 65.3 cm³/mol. The van der Waals surface area contributed by atoms with Gasteiger partial charge < -0.3 is 15.7 Å². The van der Waals surface area contributed by atoms with E-state index in [9.17, 15) is 14.0 Å². The first-order chi connectivity index (χ1) is 8.45. The van der Waals surface area contributed by atoms with E-state index >= 15 is 0 Å². The Balaban J connectivity index is 2.88. The molecule has 0 saturated heterocycles. The molecule has 0 radical (unpaired) electrons. The Morgan fingerprint density at radius 3 is 2.67 bits per heavy atom. The molecule has 0 fully saturated rings. The van der Waals surface area contributed by atoms with Crippen LogP contribution in [0.4, 0.5) is 14.9 Å². The van der Waals surface area contributed by atoms with Gasteiger partial charge >= 0.3 is 12.0 Å². The molecule has 1 unspecified atom stereocenters. The van der Waals surface area contributed by atoms with Crippen LogP contribution in [0.3, 0.4) is 0 Å². The topological polar surface area (TPSA) is 78.4 Å². The summed E-state index contributed by atoms with van der Waals surface area (Å²) in [6.45, 7) is 3.71. The highest BCUT2D eigenvalue weighted by atomic mass is 19.1. The van der Waals surface area contributed by atoms with Crippen LogP contribution < -0.4 is 10.6 Å². The van der Waals surface area contributed by atoms with Gasteiger partial charge in [-0.1, -0.05) is 13.0 Å². The fourth-order valence-electron chi connectivity index (χ4n) is 1.33. The quantitative estimate of drug-likeness (QED) is 0.772. The average molecular weight is 254 g/mol. The maximum absolute atomic E-state index is 13.3. The standard InChI is InChI=1S/C12H15FN2O3/c1-3-7(2)14-12(18)15-9-6-4-5-8(13)10(9)11(16)17/h4-7H,3H2,1-2H3,(H,16,17)(H2,14,15,18). The molecule has 0 heterocycles. The number of rotatable bonds is 4. The second-order valence-electron chi connectivity index (χ2n) is 3.88. The van der Waals surface area contributed by atoms with E-state index in [0.717, 1.165) is 12.5 Å². The molecule has 5 nitrogen and oxygen atoms in total. The van der Waals surface area contributed by atoms with E-state index in [1.807, 2.05) is 13.8 Å². The minimum atomic E-state index is -1.42. The largest absolute Gasteiger partial charge is 0.478 e. The van der Waals surface area contributed by atoms with E-state index in [2.05, 4.69) is 10.6 Å². The van der Waals surface area contributed by atoms with Crippen molar-refractivity contribution in [1.29, 1.82) is 0 Å². The number of aromatic carboxylic acids is 1. The van der Waals surface area contributed by atoms with Crippen LogP contribution in [0.5, 0.6) is 0 Å². The van der Waals surface area contributed by atoms with E-state index in [4.69, 9.17) is 5.11 Å². The van der Waals surface area contributed by atoms with Gasteiger partial charge in [0.05, 0.1) is 5.69 Å². The maximum Gasteiger partial charge on any atom is 0.340 e. The molecule has 1 aromatic rings. The van der Waals surface area contributed by atoms with Crippen molar-refractivity contribution < 1.29 is 19.1 Å². The average Bonchev–Trinajstić information content (AvgIpc) is 2.28. The Morgan fingerprint density at radius 2 is 2.11 bits per heavy atom. The van der Waals surface area contributed by atoms with Crippen LogP contribution in [0.15, 0.2) is 18.2 Å². The molecule has 98 valence electrons.